The number of amides is 1. The second kappa shape index (κ2) is 8.47. The Bertz CT molecular complexity index is 654. The number of ether oxygens (including phenoxy) is 1. The SMILES string of the molecule is O=C(OCC(=O)N1CCCCC1)C(c1ccccc1)c1ccccc1. The van der Waals surface area contributed by atoms with E-state index in [1.54, 1.807) is 4.90 Å². The summed E-state index contributed by atoms with van der Waals surface area (Å²) in [6, 6.07) is 19.1. The van der Waals surface area contributed by atoms with E-state index in [1.165, 1.54) is 0 Å². The molecule has 0 spiro atoms. The molecule has 0 atom stereocenters. The Morgan fingerprint density at radius 3 is 1.88 bits per heavy atom. The van der Waals surface area contributed by atoms with E-state index < -0.39 is 5.92 Å². The molecule has 1 heterocycles. The molecule has 0 aromatic heterocycles. The summed E-state index contributed by atoms with van der Waals surface area (Å²) in [5, 5.41) is 0. The van der Waals surface area contributed by atoms with E-state index in [2.05, 4.69) is 0 Å². The summed E-state index contributed by atoms with van der Waals surface area (Å²) < 4.78 is 5.40. The zero-order valence-corrected chi connectivity index (χ0v) is 14.3. The maximum atomic E-state index is 12.7. The van der Waals surface area contributed by atoms with Crippen LogP contribution in [0, 0.1) is 0 Å². The van der Waals surface area contributed by atoms with Crippen molar-refractivity contribution in [2.24, 2.45) is 0 Å². The van der Waals surface area contributed by atoms with Gasteiger partial charge in [0, 0.05) is 13.1 Å². The molecule has 1 fully saturated rings. The third-order valence-corrected chi connectivity index (χ3v) is 4.55. The van der Waals surface area contributed by atoms with Crippen LogP contribution in [0.15, 0.2) is 60.7 Å². The molecular formula is C21H23NO3. The van der Waals surface area contributed by atoms with Crippen LogP contribution in [0.3, 0.4) is 0 Å². The number of carbonyl (C=O) groups is 2. The number of esters is 1. The Morgan fingerprint density at radius 1 is 0.840 bits per heavy atom. The van der Waals surface area contributed by atoms with Crippen molar-refractivity contribution in [2.45, 2.75) is 25.2 Å². The molecule has 25 heavy (non-hydrogen) atoms. The predicted octanol–water partition coefficient (Wildman–Crippen LogP) is 3.37. The largest absolute Gasteiger partial charge is 0.455 e. The number of likely N-dealkylation sites (tertiary alicyclic amines) is 1. The average molecular weight is 337 g/mol. The maximum absolute atomic E-state index is 12.7. The molecule has 0 aliphatic carbocycles. The van der Waals surface area contributed by atoms with Crippen LogP contribution >= 0.6 is 0 Å². The zero-order valence-electron chi connectivity index (χ0n) is 14.3. The second-order valence-corrected chi connectivity index (χ2v) is 6.30. The second-order valence-electron chi connectivity index (χ2n) is 6.30. The molecule has 1 amide bonds. The molecular weight excluding hydrogens is 314 g/mol. The number of nitrogens with zero attached hydrogens (tertiary/aromatic N) is 1. The fraction of sp³-hybridized carbons (Fsp3) is 0.333. The monoisotopic (exact) mass is 337 g/mol. The van der Waals surface area contributed by atoms with Crippen molar-refractivity contribution in [3.63, 3.8) is 0 Å². The lowest BCUT2D eigenvalue weighted by Gasteiger charge is -2.26. The number of piperidine rings is 1. The fourth-order valence-corrected chi connectivity index (χ4v) is 3.21. The van der Waals surface area contributed by atoms with E-state index in [0.29, 0.717) is 0 Å². The fourth-order valence-electron chi connectivity index (χ4n) is 3.21. The Kier molecular flexibility index (Phi) is 5.83. The van der Waals surface area contributed by atoms with Crippen molar-refractivity contribution >= 4 is 11.9 Å². The van der Waals surface area contributed by atoms with Crippen LogP contribution in [-0.4, -0.2) is 36.5 Å². The van der Waals surface area contributed by atoms with Crippen molar-refractivity contribution in [1.29, 1.82) is 0 Å². The van der Waals surface area contributed by atoms with Gasteiger partial charge in [0.25, 0.3) is 5.91 Å². The van der Waals surface area contributed by atoms with Crippen LogP contribution in [0.1, 0.15) is 36.3 Å². The van der Waals surface area contributed by atoms with Crippen molar-refractivity contribution in [3.05, 3.63) is 71.8 Å². The first-order chi connectivity index (χ1) is 12.3. The molecule has 2 aromatic carbocycles. The van der Waals surface area contributed by atoms with E-state index in [9.17, 15) is 9.59 Å². The van der Waals surface area contributed by atoms with Gasteiger partial charge in [-0.15, -0.1) is 0 Å². The summed E-state index contributed by atoms with van der Waals surface area (Å²) in [5.41, 5.74) is 1.73. The minimum absolute atomic E-state index is 0.104. The van der Waals surface area contributed by atoms with E-state index in [1.807, 2.05) is 60.7 Å². The van der Waals surface area contributed by atoms with Gasteiger partial charge in [-0.1, -0.05) is 60.7 Å². The molecule has 3 rings (SSSR count). The molecule has 0 unspecified atom stereocenters. The summed E-state index contributed by atoms with van der Waals surface area (Å²) in [6.45, 7) is 1.34. The highest BCUT2D eigenvalue weighted by atomic mass is 16.5. The molecule has 0 radical (unpaired) electrons. The first kappa shape index (κ1) is 17.2. The van der Waals surface area contributed by atoms with Gasteiger partial charge in [-0.3, -0.25) is 9.59 Å². The standard InChI is InChI=1S/C21H23NO3/c23-19(22-14-8-3-9-15-22)16-25-21(24)20(17-10-4-1-5-11-17)18-12-6-2-7-13-18/h1-2,4-7,10-13,20H,3,8-9,14-16H2. The zero-order chi connectivity index (χ0) is 17.5. The van der Waals surface area contributed by atoms with E-state index in [-0.39, 0.29) is 18.5 Å². The smallest absolute Gasteiger partial charge is 0.318 e. The first-order valence-corrected chi connectivity index (χ1v) is 8.80. The predicted molar refractivity (Wildman–Crippen MR) is 96.1 cm³/mol. The van der Waals surface area contributed by atoms with Gasteiger partial charge < -0.3 is 9.64 Å². The molecule has 4 heteroatoms. The van der Waals surface area contributed by atoms with Gasteiger partial charge in [0.2, 0.25) is 0 Å². The highest BCUT2D eigenvalue weighted by Crippen LogP contribution is 2.26. The summed E-state index contributed by atoms with van der Waals surface area (Å²) in [5.74, 6) is -1.01. The summed E-state index contributed by atoms with van der Waals surface area (Å²) >= 11 is 0. The Balaban J connectivity index is 1.70. The van der Waals surface area contributed by atoms with Gasteiger partial charge in [0.15, 0.2) is 6.61 Å². The number of carbonyl (C=O) groups excluding carboxylic acids is 2. The molecule has 4 nitrogen and oxygen atoms in total. The third-order valence-electron chi connectivity index (χ3n) is 4.55. The van der Waals surface area contributed by atoms with Crippen LogP contribution in [-0.2, 0) is 14.3 Å². The average Bonchev–Trinajstić information content (AvgIpc) is 2.69. The quantitative estimate of drug-likeness (QED) is 0.786. The molecule has 130 valence electrons. The van der Waals surface area contributed by atoms with Gasteiger partial charge in [0.1, 0.15) is 5.92 Å². The van der Waals surface area contributed by atoms with Crippen LogP contribution in [0.5, 0.6) is 0 Å². The molecule has 1 aliphatic rings. The van der Waals surface area contributed by atoms with Crippen LogP contribution in [0.25, 0.3) is 0 Å². The lowest BCUT2D eigenvalue weighted by Crippen LogP contribution is -2.38. The van der Waals surface area contributed by atoms with Crippen LogP contribution in [0.4, 0.5) is 0 Å². The molecule has 0 saturated carbocycles. The van der Waals surface area contributed by atoms with Crippen LogP contribution < -0.4 is 0 Å². The van der Waals surface area contributed by atoms with Crippen LogP contribution in [0.2, 0.25) is 0 Å². The van der Waals surface area contributed by atoms with E-state index in [0.717, 1.165) is 43.5 Å². The topological polar surface area (TPSA) is 46.6 Å². The lowest BCUT2D eigenvalue weighted by molar-refractivity contribution is -0.152. The Hall–Kier alpha value is -2.62. The molecule has 2 aromatic rings. The van der Waals surface area contributed by atoms with Gasteiger partial charge in [-0.25, -0.2) is 0 Å². The lowest BCUT2D eigenvalue weighted by atomic mass is 9.91. The molecule has 0 N–H and O–H groups in total. The van der Waals surface area contributed by atoms with Crippen molar-refractivity contribution in [3.8, 4) is 0 Å². The third kappa shape index (κ3) is 4.47. The van der Waals surface area contributed by atoms with E-state index in [4.69, 9.17) is 4.74 Å². The van der Waals surface area contributed by atoms with Gasteiger partial charge in [-0.2, -0.15) is 0 Å². The van der Waals surface area contributed by atoms with Gasteiger partial charge in [0.05, 0.1) is 0 Å². The number of hydrogen-bond donors (Lipinski definition) is 0. The molecule has 1 saturated heterocycles. The summed E-state index contributed by atoms with van der Waals surface area (Å²) in [4.78, 5) is 26.8. The molecule has 1 aliphatic heterocycles. The first-order valence-electron chi connectivity index (χ1n) is 8.80. The number of benzene rings is 2. The van der Waals surface area contributed by atoms with Gasteiger partial charge in [-0.05, 0) is 30.4 Å². The number of hydrogen-bond acceptors (Lipinski definition) is 3. The number of rotatable bonds is 5. The normalized spacial score (nSPS) is 14.4. The van der Waals surface area contributed by atoms with E-state index >= 15 is 0 Å². The van der Waals surface area contributed by atoms with Crippen molar-refractivity contribution < 1.29 is 14.3 Å². The van der Waals surface area contributed by atoms with Gasteiger partial charge >= 0.3 is 5.97 Å². The van der Waals surface area contributed by atoms with Crippen molar-refractivity contribution in [2.75, 3.05) is 19.7 Å². The minimum atomic E-state index is -0.517. The highest BCUT2D eigenvalue weighted by Gasteiger charge is 2.26. The van der Waals surface area contributed by atoms with Crippen molar-refractivity contribution in [1.82, 2.24) is 4.90 Å². The molecule has 0 bridgehead atoms. The minimum Gasteiger partial charge on any atom is -0.455 e. The Labute approximate surface area is 148 Å². The maximum Gasteiger partial charge on any atom is 0.318 e. The summed E-state index contributed by atoms with van der Waals surface area (Å²) in [7, 11) is 0. The highest BCUT2D eigenvalue weighted by molar-refractivity contribution is 5.85. The summed E-state index contributed by atoms with van der Waals surface area (Å²) in [6.07, 6.45) is 3.21. The Morgan fingerprint density at radius 2 is 1.36 bits per heavy atom.